The van der Waals surface area contributed by atoms with E-state index in [9.17, 15) is 18.0 Å². The first-order valence-corrected chi connectivity index (χ1v) is 3.67. The highest BCUT2D eigenvalue weighted by Crippen LogP contribution is 2.20. The lowest BCUT2D eigenvalue weighted by Crippen LogP contribution is -2.26. The van der Waals surface area contributed by atoms with E-state index in [0.29, 0.717) is 0 Å². The van der Waals surface area contributed by atoms with E-state index in [0.717, 1.165) is 0 Å². The minimum Gasteiger partial charge on any atom is -0.362 e. The van der Waals surface area contributed by atoms with E-state index in [1.807, 2.05) is 0 Å². The Morgan fingerprint density at radius 1 is 1.58 bits per heavy atom. The van der Waals surface area contributed by atoms with Gasteiger partial charge < -0.3 is 4.74 Å². The molecule has 0 amide bonds. The van der Waals surface area contributed by atoms with Crippen molar-refractivity contribution in [2.24, 2.45) is 0 Å². The summed E-state index contributed by atoms with van der Waals surface area (Å²) < 4.78 is 39.3. The molecule has 72 valence electrons. The molecule has 0 spiro atoms. The summed E-state index contributed by atoms with van der Waals surface area (Å²) in [6, 6.07) is 0. The Kier molecular flexibility index (Phi) is 4.55. The Balaban J connectivity index is 3.85. The summed E-state index contributed by atoms with van der Waals surface area (Å²) in [6.45, 7) is 1.76. The van der Waals surface area contributed by atoms with Crippen LogP contribution in [0.4, 0.5) is 13.2 Å². The largest absolute Gasteiger partial charge is 0.450 e. The second-order valence-corrected chi connectivity index (χ2v) is 2.48. The molecule has 0 radical (unpaired) electrons. The van der Waals surface area contributed by atoms with Crippen LogP contribution in [0.3, 0.4) is 0 Å². The van der Waals surface area contributed by atoms with Crippen LogP contribution in [0.2, 0.25) is 0 Å². The number of ketones is 1. The minimum atomic E-state index is -4.82. The lowest BCUT2D eigenvalue weighted by molar-refractivity contribution is -0.172. The molecule has 12 heavy (non-hydrogen) atoms. The summed E-state index contributed by atoms with van der Waals surface area (Å²) in [7, 11) is 0. The Labute approximate surface area is 72.6 Å². The molecular weight excluding hydrogens is 197 g/mol. The lowest BCUT2D eigenvalue weighted by atomic mass is 10.3. The zero-order valence-corrected chi connectivity index (χ0v) is 7.08. The van der Waals surface area contributed by atoms with Crippen molar-refractivity contribution in [3.8, 4) is 0 Å². The van der Waals surface area contributed by atoms with Crippen molar-refractivity contribution in [1.82, 2.24) is 0 Å². The fourth-order valence-corrected chi connectivity index (χ4v) is 0.767. The molecule has 1 unspecified atom stereocenters. The van der Waals surface area contributed by atoms with Gasteiger partial charge in [0.15, 0.2) is 0 Å². The van der Waals surface area contributed by atoms with Gasteiger partial charge >= 0.3 is 6.18 Å². The molecule has 0 aliphatic rings. The van der Waals surface area contributed by atoms with E-state index >= 15 is 0 Å². The van der Waals surface area contributed by atoms with Crippen molar-refractivity contribution >= 4 is 17.4 Å². The van der Waals surface area contributed by atoms with Crippen molar-refractivity contribution in [2.75, 3.05) is 6.61 Å². The molecule has 0 aromatic carbocycles. The van der Waals surface area contributed by atoms with E-state index in [4.69, 9.17) is 11.6 Å². The Morgan fingerprint density at radius 3 is 2.42 bits per heavy atom. The van der Waals surface area contributed by atoms with Gasteiger partial charge in [-0.15, -0.1) is 0 Å². The normalized spacial score (nSPS) is 14.4. The minimum absolute atomic E-state index is 0.180. The maximum Gasteiger partial charge on any atom is 0.450 e. The number of alkyl halides is 4. The van der Waals surface area contributed by atoms with Crippen molar-refractivity contribution in [3.05, 3.63) is 0 Å². The van der Waals surface area contributed by atoms with Crippen LogP contribution < -0.4 is 0 Å². The van der Waals surface area contributed by atoms with Gasteiger partial charge in [-0.2, -0.15) is 13.2 Å². The number of ether oxygens (including phenoxy) is 1. The Bertz CT molecular complexity index is 157. The number of hydrogen-bond donors (Lipinski definition) is 0. The third kappa shape index (κ3) is 4.56. The summed E-state index contributed by atoms with van der Waals surface area (Å²) in [5, 5.41) is 0. The highest BCUT2D eigenvalue weighted by atomic mass is 35.5. The van der Waals surface area contributed by atoms with Crippen LogP contribution in [0, 0.1) is 0 Å². The second-order valence-electron chi connectivity index (χ2n) is 1.99. The summed E-state index contributed by atoms with van der Waals surface area (Å²) in [4.78, 5) is 10.3. The molecule has 0 aromatic rings. The van der Waals surface area contributed by atoms with E-state index in [1.165, 1.54) is 0 Å². The monoisotopic (exact) mass is 204 g/mol. The lowest BCUT2D eigenvalue weighted by Gasteiger charge is -2.09. The molecule has 2 nitrogen and oxygen atoms in total. The fourth-order valence-electron chi connectivity index (χ4n) is 0.501. The van der Waals surface area contributed by atoms with Crippen LogP contribution in [-0.2, 0) is 9.53 Å². The van der Waals surface area contributed by atoms with Gasteiger partial charge in [-0.1, -0.05) is 11.6 Å². The van der Waals surface area contributed by atoms with E-state index in [1.54, 1.807) is 6.92 Å². The van der Waals surface area contributed by atoms with E-state index in [-0.39, 0.29) is 6.61 Å². The summed E-state index contributed by atoms with van der Waals surface area (Å²) in [5.74, 6) is -1.86. The van der Waals surface area contributed by atoms with Gasteiger partial charge in [0.05, 0.1) is 6.42 Å². The van der Waals surface area contributed by atoms with E-state index in [2.05, 4.69) is 4.74 Å². The average molecular weight is 205 g/mol. The molecule has 0 aromatic heterocycles. The number of Topliss-reactive ketones (excluding diaryl/α,β-unsaturated/α-hetero) is 1. The molecule has 6 heteroatoms. The molecule has 0 fully saturated rings. The maximum atomic E-state index is 11.6. The number of carbonyl (C=O) groups excluding carboxylic acids is 1. The third-order valence-electron chi connectivity index (χ3n) is 1.01. The Morgan fingerprint density at radius 2 is 2.08 bits per heavy atom. The molecule has 0 rings (SSSR count). The number of hydrogen-bond acceptors (Lipinski definition) is 2. The van der Waals surface area contributed by atoms with Crippen LogP contribution in [0.1, 0.15) is 13.3 Å². The molecular formula is C6H8ClF3O2. The molecule has 0 aliphatic carbocycles. The van der Waals surface area contributed by atoms with Gasteiger partial charge in [0.2, 0.25) is 5.78 Å². The molecule has 0 bridgehead atoms. The molecule has 0 N–H and O–H groups in total. The number of rotatable bonds is 4. The summed E-state index contributed by atoms with van der Waals surface area (Å²) in [5.41, 5.74) is -1.19. The fraction of sp³-hybridized carbons (Fsp3) is 0.833. The predicted octanol–water partition coefficient (Wildman–Crippen LogP) is 2.11. The quantitative estimate of drug-likeness (QED) is 0.656. The van der Waals surface area contributed by atoms with Gasteiger partial charge in [-0.05, 0) is 6.92 Å². The zero-order valence-electron chi connectivity index (χ0n) is 6.32. The zero-order chi connectivity index (χ0) is 9.78. The smallest absolute Gasteiger partial charge is 0.362 e. The molecule has 1 atom stereocenters. The van der Waals surface area contributed by atoms with E-state index < -0.39 is 23.9 Å². The first-order chi connectivity index (χ1) is 5.38. The molecule has 0 heterocycles. The van der Waals surface area contributed by atoms with Crippen molar-refractivity contribution in [2.45, 2.75) is 25.1 Å². The van der Waals surface area contributed by atoms with Gasteiger partial charge in [-0.25, -0.2) is 0 Å². The first-order valence-electron chi connectivity index (χ1n) is 3.23. The maximum absolute atomic E-state index is 11.6. The molecule has 0 aliphatic heterocycles. The van der Waals surface area contributed by atoms with Crippen LogP contribution in [0.5, 0.6) is 0 Å². The van der Waals surface area contributed by atoms with Gasteiger partial charge in [0, 0.05) is 6.61 Å². The topological polar surface area (TPSA) is 26.3 Å². The predicted molar refractivity (Wildman–Crippen MR) is 36.9 cm³/mol. The van der Waals surface area contributed by atoms with Gasteiger partial charge in [0.1, 0.15) is 5.56 Å². The molecule has 0 saturated heterocycles. The van der Waals surface area contributed by atoms with Crippen molar-refractivity contribution in [1.29, 1.82) is 0 Å². The average Bonchev–Trinajstić information content (AvgIpc) is 1.85. The standard InChI is InChI=1S/C6H8ClF3O2/c1-2-12-5(7)3-4(11)6(8,9)10/h5H,2-3H2,1H3. The van der Waals surface area contributed by atoms with Crippen LogP contribution in [-0.4, -0.2) is 24.1 Å². The van der Waals surface area contributed by atoms with Crippen LogP contribution in [0.25, 0.3) is 0 Å². The van der Waals surface area contributed by atoms with Crippen LogP contribution in [0.15, 0.2) is 0 Å². The Hall–Kier alpha value is -0.290. The van der Waals surface area contributed by atoms with Crippen LogP contribution >= 0.6 is 11.6 Å². The SMILES string of the molecule is CCOC(Cl)CC(=O)C(F)(F)F. The summed E-state index contributed by atoms with van der Waals surface area (Å²) >= 11 is 5.24. The van der Waals surface area contributed by atoms with Gasteiger partial charge in [0.25, 0.3) is 0 Å². The first kappa shape index (κ1) is 11.7. The molecule has 0 saturated carbocycles. The van der Waals surface area contributed by atoms with Gasteiger partial charge in [-0.3, -0.25) is 4.79 Å². The number of halogens is 4. The number of carbonyl (C=O) groups is 1. The summed E-state index contributed by atoms with van der Waals surface area (Å²) in [6.07, 6.45) is -5.65. The second kappa shape index (κ2) is 4.67. The van der Waals surface area contributed by atoms with Crippen molar-refractivity contribution < 1.29 is 22.7 Å². The third-order valence-corrected chi connectivity index (χ3v) is 1.29. The highest BCUT2D eigenvalue weighted by molar-refractivity contribution is 6.21. The highest BCUT2D eigenvalue weighted by Gasteiger charge is 2.39. The van der Waals surface area contributed by atoms with Crippen molar-refractivity contribution in [3.63, 3.8) is 0 Å².